The first-order chi connectivity index (χ1) is 6.69. The molecule has 5 heteroatoms. The summed E-state index contributed by atoms with van der Waals surface area (Å²) in [5.41, 5.74) is 1.48. The highest BCUT2D eigenvalue weighted by Gasteiger charge is 2.11. The molecule has 0 bridgehead atoms. The van der Waals surface area contributed by atoms with Crippen LogP contribution in [0.4, 0.5) is 0 Å². The Bertz CT molecular complexity index is 409. The van der Waals surface area contributed by atoms with Crippen LogP contribution in [0.5, 0.6) is 0 Å². The maximum absolute atomic E-state index is 11.3. The van der Waals surface area contributed by atoms with Crippen molar-refractivity contribution < 1.29 is 9.59 Å². The molecule has 0 atom stereocenters. The summed E-state index contributed by atoms with van der Waals surface area (Å²) in [6, 6.07) is 1.56. The summed E-state index contributed by atoms with van der Waals surface area (Å²) < 4.78 is 0. The van der Waals surface area contributed by atoms with Crippen molar-refractivity contribution in [3.05, 3.63) is 23.0 Å². The first-order valence-corrected chi connectivity index (χ1v) is 4.14. The van der Waals surface area contributed by atoms with Crippen molar-refractivity contribution in [3.8, 4) is 0 Å². The molecule has 5 nitrogen and oxygen atoms in total. The van der Waals surface area contributed by atoms with E-state index in [1.54, 1.807) is 13.0 Å². The van der Waals surface area contributed by atoms with Crippen LogP contribution in [-0.4, -0.2) is 22.2 Å². The maximum atomic E-state index is 11.3. The standard InChI is InChI=1S/C9H9N3O2/c1-3-8-7(9(14)10-5-13)4-6(2)11-12-8/h4H,3H2,1-2H3. The number of aryl methyl sites for hydroxylation is 2. The SMILES string of the molecule is CCc1nnc(C)cc1C(=O)N=C=O. The molecule has 1 heterocycles. The number of isocyanates is 1. The molecule has 1 aromatic rings. The quantitative estimate of drug-likeness (QED) is 0.512. The molecular weight excluding hydrogens is 182 g/mol. The predicted octanol–water partition coefficient (Wildman–Crippen LogP) is 0.823. The lowest BCUT2D eigenvalue weighted by atomic mass is 10.1. The van der Waals surface area contributed by atoms with Gasteiger partial charge in [0.05, 0.1) is 17.0 Å². The molecule has 0 radical (unpaired) electrons. The van der Waals surface area contributed by atoms with E-state index >= 15 is 0 Å². The van der Waals surface area contributed by atoms with Crippen molar-refractivity contribution >= 4 is 12.0 Å². The smallest absolute Gasteiger partial charge is 0.266 e. The predicted molar refractivity (Wildman–Crippen MR) is 48.6 cm³/mol. The highest BCUT2D eigenvalue weighted by Crippen LogP contribution is 2.08. The normalized spacial score (nSPS) is 9.29. The van der Waals surface area contributed by atoms with E-state index in [2.05, 4.69) is 15.2 Å². The van der Waals surface area contributed by atoms with Crippen molar-refractivity contribution in [3.63, 3.8) is 0 Å². The average molecular weight is 191 g/mol. The van der Waals surface area contributed by atoms with Gasteiger partial charge in [-0.1, -0.05) is 6.92 Å². The first-order valence-electron chi connectivity index (χ1n) is 4.14. The van der Waals surface area contributed by atoms with Crippen LogP contribution < -0.4 is 0 Å². The number of rotatable bonds is 2. The number of aromatic nitrogens is 2. The fourth-order valence-electron chi connectivity index (χ4n) is 1.06. The summed E-state index contributed by atoms with van der Waals surface area (Å²) in [7, 11) is 0. The van der Waals surface area contributed by atoms with Gasteiger partial charge in [-0.15, -0.1) is 4.99 Å². The Morgan fingerprint density at radius 3 is 2.86 bits per heavy atom. The minimum absolute atomic E-state index is 0.323. The van der Waals surface area contributed by atoms with Crippen LogP contribution in [0.1, 0.15) is 28.7 Å². The van der Waals surface area contributed by atoms with Crippen LogP contribution in [0.3, 0.4) is 0 Å². The minimum Gasteiger partial charge on any atom is -0.266 e. The summed E-state index contributed by atoms with van der Waals surface area (Å²) in [4.78, 5) is 24.2. The largest absolute Gasteiger partial charge is 0.289 e. The second-order valence-electron chi connectivity index (χ2n) is 2.71. The summed E-state index contributed by atoms with van der Waals surface area (Å²) >= 11 is 0. The summed E-state index contributed by atoms with van der Waals surface area (Å²) in [6.45, 7) is 3.56. The van der Waals surface area contributed by atoms with E-state index in [1.807, 2.05) is 6.92 Å². The van der Waals surface area contributed by atoms with Crippen molar-refractivity contribution in [2.24, 2.45) is 4.99 Å². The van der Waals surface area contributed by atoms with Crippen LogP contribution in [-0.2, 0) is 11.2 Å². The van der Waals surface area contributed by atoms with Gasteiger partial charge in [-0.25, -0.2) is 4.79 Å². The van der Waals surface area contributed by atoms with Crippen LogP contribution >= 0.6 is 0 Å². The van der Waals surface area contributed by atoms with Crippen LogP contribution in [0.25, 0.3) is 0 Å². The fourth-order valence-corrected chi connectivity index (χ4v) is 1.06. The molecule has 1 amide bonds. The lowest BCUT2D eigenvalue weighted by Crippen LogP contribution is -2.05. The number of amides is 1. The Balaban J connectivity index is 3.23. The molecule has 0 spiro atoms. The monoisotopic (exact) mass is 191 g/mol. The van der Waals surface area contributed by atoms with E-state index in [1.165, 1.54) is 6.08 Å². The van der Waals surface area contributed by atoms with Gasteiger partial charge in [0.25, 0.3) is 5.91 Å². The minimum atomic E-state index is -0.616. The molecule has 0 saturated heterocycles. The molecule has 1 aromatic heterocycles. The number of hydrogen-bond acceptors (Lipinski definition) is 4. The Kier molecular flexibility index (Phi) is 3.20. The Labute approximate surface area is 80.9 Å². The molecule has 0 N–H and O–H groups in total. The maximum Gasteiger partial charge on any atom is 0.289 e. The molecule has 0 saturated carbocycles. The Hall–Kier alpha value is -1.87. The highest BCUT2D eigenvalue weighted by atomic mass is 16.2. The fraction of sp³-hybridized carbons (Fsp3) is 0.333. The third-order valence-corrected chi connectivity index (χ3v) is 1.71. The van der Waals surface area contributed by atoms with Crippen LogP contribution in [0.15, 0.2) is 11.1 Å². The molecule has 14 heavy (non-hydrogen) atoms. The van der Waals surface area contributed by atoms with Crippen LogP contribution in [0.2, 0.25) is 0 Å². The topological polar surface area (TPSA) is 72.3 Å². The molecular formula is C9H9N3O2. The van der Waals surface area contributed by atoms with Crippen molar-refractivity contribution in [1.29, 1.82) is 0 Å². The lowest BCUT2D eigenvalue weighted by Gasteiger charge is -2.01. The zero-order valence-corrected chi connectivity index (χ0v) is 7.94. The van der Waals surface area contributed by atoms with Crippen LogP contribution in [0, 0.1) is 6.92 Å². The van der Waals surface area contributed by atoms with Gasteiger partial charge >= 0.3 is 0 Å². The van der Waals surface area contributed by atoms with E-state index in [0.717, 1.165) is 0 Å². The van der Waals surface area contributed by atoms with Crippen molar-refractivity contribution in [2.45, 2.75) is 20.3 Å². The number of carbonyl (C=O) groups excluding carboxylic acids is 2. The first kappa shape index (κ1) is 10.2. The molecule has 72 valence electrons. The van der Waals surface area contributed by atoms with Gasteiger partial charge in [-0.3, -0.25) is 4.79 Å². The highest BCUT2D eigenvalue weighted by molar-refractivity contribution is 5.98. The Morgan fingerprint density at radius 1 is 1.57 bits per heavy atom. The van der Waals surface area contributed by atoms with E-state index in [9.17, 15) is 9.59 Å². The number of carbonyl (C=O) groups is 1. The van der Waals surface area contributed by atoms with Gasteiger partial charge < -0.3 is 0 Å². The lowest BCUT2D eigenvalue weighted by molar-refractivity contribution is 0.100. The van der Waals surface area contributed by atoms with Gasteiger partial charge in [0.1, 0.15) is 0 Å². The zero-order chi connectivity index (χ0) is 10.6. The van der Waals surface area contributed by atoms with Gasteiger partial charge in [-0.05, 0) is 19.4 Å². The number of aliphatic imine (C=N–C) groups is 1. The van der Waals surface area contributed by atoms with Crippen molar-refractivity contribution in [1.82, 2.24) is 10.2 Å². The number of hydrogen-bond donors (Lipinski definition) is 0. The zero-order valence-electron chi connectivity index (χ0n) is 7.94. The summed E-state index contributed by atoms with van der Waals surface area (Å²) in [5.74, 6) is -0.616. The molecule has 0 fully saturated rings. The van der Waals surface area contributed by atoms with Gasteiger partial charge in [0.15, 0.2) is 0 Å². The number of nitrogens with zero attached hydrogens (tertiary/aromatic N) is 3. The molecule has 0 unspecified atom stereocenters. The van der Waals surface area contributed by atoms with E-state index in [0.29, 0.717) is 23.4 Å². The molecule has 1 rings (SSSR count). The molecule has 0 aliphatic carbocycles. The second kappa shape index (κ2) is 4.39. The molecule has 0 aromatic carbocycles. The third kappa shape index (κ3) is 2.08. The van der Waals surface area contributed by atoms with Crippen molar-refractivity contribution in [2.75, 3.05) is 0 Å². The van der Waals surface area contributed by atoms with E-state index in [-0.39, 0.29) is 0 Å². The summed E-state index contributed by atoms with van der Waals surface area (Å²) in [6.07, 6.45) is 1.79. The Morgan fingerprint density at radius 2 is 2.29 bits per heavy atom. The second-order valence-corrected chi connectivity index (χ2v) is 2.71. The van der Waals surface area contributed by atoms with Gasteiger partial charge in [0, 0.05) is 0 Å². The molecule has 0 aliphatic heterocycles. The third-order valence-electron chi connectivity index (χ3n) is 1.71. The van der Waals surface area contributed by atoms with Gasteiger partial charge in [-0.2, -0.15) is 10.2 Å². The molecule has 0 aliphatic rings. The van der Waals surface area contributed by atoms with E-state index in [4.69, 9.17) is 0 Å². The summed E-state index contributed by atoms with van der Waals surface area (Å²) in [5, 5.41) is 7.65. The van der Waals surface area contributed by atoms with Gasteiger partial charge in [0.2, 0.25) is 6.08 Å². The average Bonchev–Trinajstić information content (AvgIpc) is 2.18. The van der Waals surface area contributed by atoms with E-state index < -0.39 is 5.91 Å².